The highest BCUT2D eigenvalue weighted by Gasteiger charge is 2.22. The van der Waals surface area contributed by atoms with Gasteiger partial charge in [0.05, 0.1) is 0 Å². The molecule has 0 aromatic rings. The fourth-order valence-electron chi connectivity index (χ4n) is 1.69. The van der Waals surface area contributed by atoms with Crippen LogP contribution in [-0.4, -0.2) is 42.4 Å². The minimum absolute atomic E-state index is 0.702. The quantitative estimate of drug-likeness (QED) is 0.640. The van der Waals surface area contributed by atoms with E-state index in [0.29, 0.717) is 12.1 Å². The molecule has 0 radical (unpaired) electrons. The fourth-order valence-corrected chi connectivity index (χ4v) is 1.82. The van der Waals surface area contributed by atoms with Crippen molar-refractivity contribution in [1.82, 2.24) is 10.2 Å². The van der Waals surface area contributed by atoms with Crippen molar-refractivity contribution in [3.05, 3.63) is 0 Å². The Morgan fingerprint density at radius 3 is 2.83 bits per heavy atom. The van der Waals surface area contributed by atoms with Crippen LogP contribution in [0, 0.1) is 0 Å². The summed E-state index contributed by atoms with van der Waals surface area (Å²) in [5.41, 5.74) is 0. The highest BCUT2D eigenvalue weighted by molar-refractivity contribution is 7.80. The van der Waals surface area contributed by atoms with E-state index in [9.17, 15) is 0 Å². The molecule has 2 nitrogen and oxygen atoms in total. The van der Waals surface area contributed by atoms with Gasteiger partial charge in [0, 0.05) is 30.9 Å². The molecule has 0 spiro atoms. The molecule has 0 bridgehead atoms. The lowest BCUT2D eigenvalue weighted by Gasteiger charge is -2.20. The number of thiol groups is 1. The largest absolute Gasteiger partial charge is 0.312 e. The van der Waals surface area contributed by atoms with Gasteiger partial charge < -0.3 is 5.32 Å². The first-order valence-corrected chi connectivity index (χ1v) is 5.45. The normalized spacial score (nSPS) is 25.5. The number of hydrogen-bond acceptors (Lipinski definition) is 3. The summed E-state index contributed by atoms with van der Waals surface area (Å²) < 4.78 is 0. The molecule has 0 aromatic heterocycles. The first-order chi connectivity index (χ1) is 5.74. The summed E-state index contributed by atoms with van der Waals surface area (Å²) in [6, 6.07) is 1.41. The van der Waals surface area contributed by atoms with Gasteiger partial charge >= 0.3 is 0 Å². The Balaban J connectivity index is 2.17. The number of likely N-dealkylation sites (tertiary alicyclic amines) is 1. The standard InChI is InChI=1S/C9H20N2S/c1-8(2)11-5-3-9(7-11)10-4-6-12/h8-10,12H,3-7H2,1-2H3/t9-/m0/s1. The zero-order valence-corrected chi connectivity index (χ0v) is 8.98. The summed E-state index contributed by atoms with van der Waals surface area (Å²) in [7, 11) is 0. The molecule has 1 aliphatic heterocycles. The molecule has 72 valence electrons. The van der Waals surface area contributed by atoms with Crippen LogP contribution in [0.2, 0.25) is 0 Å². The van der Waals surface area contributed by atoms with E-state index in [1.807, 2.05) is 0 Å². The lowest BCUT2D eigenvalue weighted by atomic mass is 10.3. The molecule has 3 heteroatoms. The third kappa shape index (κ3) is 2.96. The summed E-state index contributed by atoms with van der Waals surface area (Å²) in [4.78, 5) is 2.52. The second kappa shape index (κ2) is 5.10. The van der Waals surface area contributed by atoms with Crippen molar-refractivity contribution in [2.45, 2.75) is 32.4 Å². The fraction of sp³-hybridized carbons (Fsp3) is 1.00. The van der Waals surface area contributed by atoms with Gasteiger partial charge in [0.2, 0.25) is 0 Å². The van der Waals surface area contributed by atoms with Crippen molar-refractivity contribution in [2.75, 3.05) is 25.4 Å². The van der Waals surface area contributed by atoms with E-state index in [2.05, 4.69) is 36.7 Å². The molecule has 1 saturated heterocycles. The van der Waals surface area contributed by atoms with Gasteiger partial charge in [0.15, 0.2) is 0 Å². The Bertz CT molecular complexity index is 128. The van der Waals surface area contributed by atoms with Crippen LogP contribution in [0.25, 0.3) is 0 Å². The molecule has 1 rings (SSSR count). The van der Waals surface area contributed by atoms with Gasteiger partial charge in [-0.05, 0) is 26.8 Å². The minimum Gasteiger partial charge on any atom is -0.312 e. The van der Waals surface area contributed by atoms with Crippen LogP contribution in [0.5, 0.6) is 0 Å². The summed E-state index contributed by atoms with van der Waals surface area (Å²) in [5, 5.41) is 3.50. The van der Waals surface area contributed by atoms with Crippen LogP contribution >= 0.6 is 12.6 Å². The summed E-state index contributed by atoms with van der Waals surface area (Å²) >= 11 is 4.18. The van der Waals surface area contributed by atoms with Crippen molar-refractivity contribution in [2.24, 2.45) is 0 Å². The Kier molecular flexibility index (Phi) is 4.40. The molecule has 1 N–H and O–H groups in total. The third-order valence-corrected chi connectivity index (χ3v) is 2.72. The smallest absolute Gasteiger partial charge is 0.0207 e. The average Bonchev–Trinajstić information content (AvgIpc) is 2.48. The molecule has 0 saturated carbocycles. The number of nitrogens with one attached hydrogen (secondary N) is 1. The molecule has 0 aliphatic carbocycles. The van der Waals surface area contributed by atoms with Gasteiger partial charge in [0.1, 0.15) is 0 Å². The molecule has 1 heterocycles. The van der Waals surface area contributed by atoms with Gasteiger partial charge in [0.25, 0.3) is 0 Å². The Labute approximate surface area is 81.1 Å². The molecule has 12 heavy (non-hydrogen) atoms. The van der Waals surface area contributed by atoms with Crippen LogP contribution in [-0.2, 0) is 0 Å². The molecular weight excluding hydrogens is 168 g/mol. The van der Waals surface area contributed by atoms with Crippen LogP contribution in [0.15, 0.2) is 0 Å². The zero-order chi connectivity index (χ0) is 8.97. The van der Waals surface area contributed by atoms with Crippen molar-refractivity contribution >= 4 is 12.6 Å². The van der Waals surface area contributed by atoms with Crippen molar-refractivity contribution in [3.63, 3.8) is 0 Å². The van der Waals surface area contributed by atoms with E-state index in [4.69, 9.17) is 0 Å². The van der Waals surface area contributed by atoms with Crippen LogP contribution in [0.3, 0.4) is 0 Å². The summed E-state index contributed by atoms with van der Waals surface area (Å²) in [6.45, 7) is 8.04. The molecular formula is C9H20N2S. The van der Waals surface area contributed by atoms with Gasteiger partial charge in [-0.1, -0.05) is 0 Å². The van der Waals surface area contributed by atoms with Crippen LogP contribution in [0.4, 0.5) is 0 Å². The maximum atomic E-state index is 4.18. The van der Waals surface area contributed by atoms with Gasteiger partial charge in [-0.2, -0.15) is 12.6 Å². The SMILES string of the molecule is CC(C)N1CC[C@H](NCCS)C1. The molecule has 0 unspecified atom stereocenters. The topological polar surface area (TPSA) is 15.3 Å². The highest BCUT2D eigenvalue weighted by Crippen LogP contribution is 2.11. The van der Waals surface area contributed by atoms with Gasteiger partial charge in [-0.25, -0.2) is 0 Å². The molecule has 0 aromatic carbocycles. The molecule has 1 fully saturated rings. The van der Waals surface area contributed by atoms with Crippen LogP contribution < -0.4 is 5.32 Å². The number of rotatable bonds is 4. The first kappa shape index (κ1) is 10.4. The van der Waals surface area contributed by atoms with Crippen molar-refractivity contribution < 1.29 is 0 Å². The lowest BCUT2D eigenvalue weighted by molar-refractivity contribution is 0.268. The maximum absolute atomic E-state index is 4.18. The zero-order valence-electron chi connectivity index (χ0n) is 8.08. The number of hydrogen-bond donors (Lipinski definition) is 2. The van der Waals surface area contributed by atoms with E-state index >= 15 is 0 Å². The van der Waals surface area contributed by atoms with Crippen LogP contribution in [0.1, 0.15) is 20.3 Å². The Morgan fingerprint density at radius 1 is 1.58 bits per heavy atom. The molecule has 1 aliphatic rings. The molecule has 1 atom stereocenters. The predicted molar refractivity (Wildman–Crippen MR) is 57.0 cm³/mol. The van der Waals surface area contributed by atoms with E-state index in [0.717, 1.165) is 12.3 Å². The van der Waals surface area contributed by atoms with Gasteiger partial charge in [-0.3, -0.25) is 4.90 Å². The maximum Gasteiger partial charge on any atom is 0.0207 e. The predicted octanol–water partition coefficient (Wildman–Crippen LogP) is 0.988. The lowest BCUT2D eigenvalue weighted by Crippen LogP contribution is -2.35. The second-order valence-corrected chi connectivity index (χ2v) is 4.20. The monoisotopic (exact) mass is 188 g/mol. The van der Waals surface area contributed by atoms with E-state index in [1.54, 1.807) is 0 Å². The van der Waals surface area contributed by atoms with Crippen molar-refractivity contribution in [3.8, 4) is 0 Å². The second-order valence-electron chi connectivity index (χ2n) is 3.75. The van der Waals surface area contributed by atoms with E-state index in [1.165, 1.54) is 19.5 Å². The average molecular weight is 188 g/mol. The van der Waals surface area contributed by atoms with E-state index < -0.39 is 0 Å². The summed E-state index contributed by atoms with van der Waals surface area (Å²) in [6.07, 6.45) is 1.30. The number of nitrogens with zero attached hydrogens (tertiary/aromatic N) is 1. The van der Waals surface area contributed by atoms with Crippen molar-refractivity contribution in [1.29, 1.82) is 0 Å². The third-order valence-electron chi connectivity index (χ3n) is 2.49. The van der Waals surface area contributed by atoms with Gasteiger partial charge in [-0.15, -0.1) is 0 Å². The molecule has 0 amide bonds. The minimum atomic E-state index is 0.702. The highest BCUT2D eigenvalue weighted by atomic mass is 32.1. The van der Waals surface area contributed by atoms with E-state index in [-0.39, 0.29) is 0 Å². The first-order valence-electron chi connectivity index (χ1n) is 4.82. The summed E-state index contributed by atoms with van der Waals surface area (Å²) in [5.74, 6) is 0.943. The Morgan fingerprint density at radius 2 is 2.33 bits per heavy atom. The Hall–Kier alpha value is 0.270.